The van der Waals surface area contributed by atoms with Gasteiger partial charge in [-0.2, -0.15) is 0 Å². The molecule has 0 saturated heterocycles. The van der Waals surface area contributed by atoms with Crippen molar-refractivity contribution >= 4 is 11.6 Å². The van der Waals surface area contributed by atoms with Crippen molar-refractivity contribution in [2.24, 2.45) is 0 Å². The second kappa shape index (κ2) is 10.4. The van der Waals surface area contributed by atoms with E-state index in [4.69, 9.17) is 9.47 Å². The van der Waals surface area contributed by atoms with Crippen molar-refractivity contribution < 1.29 is 14.3 Å². The van der Waals surface area contributed by atoms with E-state index in [1.165, 1.54) is 19.3 Å². The second-order valence-electron chi connectivity index (χ2n) is 5.85. The average molecular weight is 341 g/mol. The molecule has 0 spiro atoms. The zero-order valence-corrected chi connectivity index (χ0v) is 15.1. The minimum atomic E-state index is -0.150. The van der Waals surface area contributed by atoms with E-state index in [9.17, 15) is 4.79 Å². The summed E-state index contributed by atoms with van der Waals surface area (Å²) in [6.45, 7) is 5.43. The Labute approximate surface area is 150 Å². The van der Waals surface area contributed by atoms with Gasteiger partial charge in [-0.1, -0.05) is 32.3 Å². The number of hydrogen-bond acceptors (Lipinski definition) is 3. The molecule has 0 aliphatic rings. The van der Waals surface area contributed by atoms with Gasteiger partial charge in [0.15, 0.2) is 0 Å². The number of carbonyl (C=O) groups excluding carboxylic acids is 1. The van der Waals surface area contributed by atoms with Crippen LogP contribution in [0.2, 0.25) is 0 Å². The molecule has 0 aliphatic carbocycles. The Bertz CT molecular complexity index is 652. The SMILES string of the molecule is CCCCCCOc1ccc(C(=O)Nc2cccc(OCC)c2)cc1. The predicted octanol–water partition coefficient (Wildman–Crippen LogP) is 5.30. The van der Waals surface area contributed by atoms with Gasteiger partial charge in [0.25, 0.3) is 5.91 Å². The first-order chi connectivity index (χ1) is 12.2. The smallest absolute Gasteiger partial charge is 0.255 e. The molecule has 2 aromatic carbocycles. The van der Waals surface area contributed by atoms with Crippen LogP contribution in [0.3, 0.4) is 0 Å². The number of amides is 1. The van der Waals surface area contributed by atoms with Crippen LogP contribution in [0.15, 0.2) is 48.5 Å². The number of carbonyl (C=O) groups is 1. The minimum Gasteiger partial charge on any atom is -0.494 e. The summed E-state index contributed by atoms with van der Waals surface area (Å²) in [7, 11) is 0. The lowest BCUT2D eigenvalue weighted by atomic mass is 10.2. The van der Waals surface area contributed by atoms with Crippen molar-refractivity contribution in [3.8, 4) is 11.5 Å². The topological polar surface area (TPSA) is 47.6 Å². The van der Waals surface area contributed by atoms with E-state index < -0.39 is 0 Å². The highest BCUT2D eigenvalue weighted by molar-refractivity contribution is 6.04. The third-order valence-electron chi connectivity index (χ3n) is 3.79. The van der Waals surface area contributed by atoms with Crippen molar-refractivity contribution in [1.29, 1.82) is 0 Å². The lowest BCUT2D eigenvalue weighted by Gasteiger charge is -2.09. The van der Waals surface area contributed by atoms with Crippen LogP contribution in [0.25, 0.3) is 0 Å². The predicted molar refractivity (Wildman–Crippen MR) is 102 cm³/mol. The Morgan fingerprint density at radius 2 is 1.72 bits per heavy atom. The molecular weight excluding hydrogens is 314 g/mol. The normalized spacial score (nSPS) is 10.3. The van der Waals surface area contributed by atoms with Crippen LogP contribution in [0.5, 0.6) is 11.5 Å². The fourth-order valence-corrected chi connectivity index (χ4v) is 2.45. The van der Waals surface area contributed by atoms with Crippen LogP contribution in [0.4, 0.5) is 5.69 Å². The van der Waals surface area contributed by atoms with Gasteiger partial charge in [-0.25, -0.2) is 0 Å². The Morgan fingerprint density at radius 3 is 2.44 bits per heavy atom. The molecule has 0 atom stereocenters. The third-order valence-corrected chi connectivity index (χ3v) is 3.79. The highest BCUT2D eigenvalue weighted by Crippen LogP contribution is 2.19. The summed E-state index contributed by atoms with van der Waals surface area (Å²) in [4.78, 5) is 12.3. The fourth-order valence-electron chi connectivity index (χ4n) is 2.45. The van der Waals surface area contributed by atoms with E-state index in [2.05, 4.69) is 12.2 Å². The summed E-state index contributed by atoms with van der Waals surface area (Å²) in [5.41, 5.74) is 1.31. The molecule has 1 amide bonds. The van der Waals surface area contributed by atoms with Gasteiger partial charge in [0, 0.05) is 17.3 Å². The first kappa shape index (κ1) is 18.8. The van der Waals surface area contributed by atoms with Crippen LogP contribution in [0, 0.1) is 0 Å². The van der Waals surface area contributed by atoms with Crippen LogP contribution < -0.4 is 14.8 Å². The molecule has 0 saturated carbocycles. The van der Waals surface area contributed by atoms with Crippen LogP contribution in [0.1, 0.15) is 49.9 Å². The summed E-state index contributed by atoms with van der Waals surface area (Å²) >= 11 is 0. The molecule has 0 heterocycles. The van der Waals surface area contributed by atoms with Gasteiger partial charge >= 0.3 is 0 Å². The number of ether oxygens (including phenoxy) is 2. The lowest BCUT2D eigenvalue weighted by Crippen LogP contribution is -2.11. The minimum absolute atomic E-state index is 0.150. The van der Waals surface area contributed by atoms with Crippen molar-refractivity contribution in [3.05, 3.63) is 54.1 Å². The largest absolute Gasteiger partial charge is 0.494 e. The van der Waals surface area contributed by atoms with E-state index in [-0.39, 0.29) is 5.91 Å². The maximum absolute atomic E-state index is 12.3. The number of unbranched alkanes of at least 4 members (excludes halogenated alkanes) is 3. The third kappa shape index (κ3) is 6.49. The molecule has 4 nitrogen and oxygen atoms in total. The quantitative estimate of drug-likeness (QED) is 0.597. The van der Waals surface area contributed by atoms with Crippen molar-refractivity contribution in [2.75, 3.05) is 18.5 Å². The van der Waals surface area contributed by atoms with E-state index in [1.807, 2.05) is 43.3 Å². The first-order valence-electron chi connectivity index (χ1n) is 9.00. The molecule has 134 valence electrons. The number of rotatable bonds is 10. The number of hydrogen-bond donors (Lipinski definition) is 1. The van der Waals surface area contributed by atoms with E-state index >= 15 is 0 Å². The monoisotopic (exact) mass is 341 g/mol. The highest BCUT2D eigenvalue weighted by Gasteiger charge is 2.07. The van der Waals surface area contributed by atoms with Crippen molar-refractivity contribution in [2.45, 2.75) is 39.5 Å². The lowest BCUT2D eigenvalue weighted by molar-refractivity contribution is 0.102. The Balaban J connectivity index is 1.86. The van der Waals surface area contributed by atoms with Crippen molar-refractivity contribution in [1.82, 2.24) is 0 Å². The second-order valence-corrected chi connectivity index (χ2v) is 5.85. The maximum Gasteiger partial charge on any atom is 0.255 e. The Kier molecular flexibility index (Phi) is 7.83. The molecule has 25 heavy (non-hydrogen) atoms. The van der Waals surface area contributed by atoms with E-state index in [1.54, 1.807) is 12.1 Å². The van der Waals surface area contributed by atoms with Crippen LogP contribution in [-0.4, -0.2) is 19.1 Å². The van der Waals surface area contributed by atoms with Crippen LogP contribution >= 0.6 is 0 Å². The van der Waals surface area contributed by atoms with Gasteiger partial charge in [0.1, 0.15) is 11.5 Å². The van der Waals surface area contributed by atoms with Gasteiger partial charge in [0.2, 0.25) is 0 Å². The van der Waals surface area contributed by atoms with E-state index in [0.29, 0.717) is 17.9 Å². The maximum atomic E-state index is 12.3. The zero-order valence-electron chi connectivity index (χ0n) is 15.1. The number of nitrogens with one attached hydrogen (secondary N) is 1. The molecule has 0 aliphatic heterocycles. The molecular formula is C21H27NO3. The summed E-state index contributed by atoms with van der Waals surface area (Å²) in [5.74, 6) is 1.39. The zero-order chi connectivity index (χ0) is 17.9. The standard InChI is InChI=1S/C21H27NO3/c1-3-5-6-7-15-25-19-13-11-17(12-14-19)21(23)22-18-9-8-10-20(16-18)24-4-2/h8-14,16H,3-7,15H2,1-2H3,(H,22,23). The summed E-state index contributed by atoms with van der Waals surface area (Å²) < 4.78 is 11.1. The van der Waals surface area contributed by atoms with Crippen LogP contribution in [-0.2, 0) is 0 Å². The highest BCUT2D eigenvalue weighted by atomic mass is 16.5. The Hall–Kier alpha value is -2.49. The molecule has 0 radical (unpaired) electrons. The number of anilines is 1. The summed E-state index contributed by atoms with van der Waals surface area (Å²) in [6, 6.07) is 14.6. The van der Waals surface area contributed by atoms with Gasteiger partial charge in [-0.3, -0.25) is 4.79 Å². The first-order valence-corrected chi connectivity index (χ1v) is 9.00. The summed E-state index contributed by atoms with van der Waals surface area (Å²) in [5, 5.41) is 2.88. The molecule has 2 rings (SSSR count). The van der Waals surface area contributed by atoms with Gasteiger partial charge < -0.3 is 14.8 Å². The average Bonchev–Trinajstić information content (AvgIpc) is 2.63. The molecule has 0 unspecified atom stereocenters. The summed E-state index contributed by atoms with van der Waals surface area (Å²) in [6.07, 6.45) is 4.72. The van der Waals surface area contributed by atoms with Gasteiger partial charge in [0.05, 0.1) is 13.2 Å². The molecule has 0 fully saturated rings. The van der Waals surface area contributed by atoms with E-state index in [0.717, 1.165) is 24.5 Å². The molecule has 4 heteroatoms. The van der Waals surface area contributed by atoms with Crippen molar-refractivity contribution in [3.63, 3.8) is 0 Å². The van der Waals surface area contributed by atoms with Gasteiger partial charge in [-0.05, 0) is 49.7 Å². The molecule has 0 bridgehead atoms. The fraction of sp³-hybridized carbons (Fsp3) is 0.381. The molecule has 1 N–H and O–H groups in total. The molecule has 0 aromatic heterocycles. The number of benzene rings is 2. The Morgan fingerprint density at radius 1 is 0.920 bits per heavy atom. The van der Waals surface area contributed by atoms with Gasteiger partial charge in [-0.15, -0.1) is 0 Å². The molecule has 2 aromatic rings.